The van der Waals surface area contributed by atoms with E-state index in [0.29, 0.717) is 0 Å². The van der Waals surface area contributed by atoms with Crippen LogP contribution < -0.4 is 10.0 Å². The lowest BCUT2D eigenvalue weighted by Gasteiger charge is -1.97. The predicted molar refractivity (Wildman–Crippen MR) is 43.2 cm³/mol. The largest absolute Gasteiger partial charge is 0.545 e. The first-order valence-corrected chi connectivity index (χ1v) is 3.67. The molecule has 0 heterocycles. The fourth-order valence-electron chi connectivity index (χ4n) is 0.136. The molecule has 0 atom stereocenters. The third-order valence-corrected chi connectivity index (χ3v) is 1.01. The zero-order chi connectivity index (χ0) is 9.28. The van der Waals surface area contributed by atoms with Crippen molar-refractivity contribution >= 4 is 5.97 Å². The van der Waals surface area contributed by atoms with E-state index in [0.717, 1.165) is 6.08 Å². The van der Waals surface area contributed by atoms with Gasteiger partial charge in [0.05, 0.1) is 26.6 Å². The molecule has 0 aliphatic rings. The molecule has 0 saturated carbocycles. The van der Waals surface area contributed by atoms with Gasteiger partial charge in [0.15, 0.2) is 0 Å². The van der Waals surface area contributed by atoms with Crippen molar-refractivity contribution in [2.45, 2.75) is 13.8 Å². The van der Waals surface area contributed by atoms with Crippen LogP contribution in [-0.2, 0) is 4.79 Å². The summed E-state index contributed by atoms with van der Waals surface area (Å²) in [4.78, 5) is 10.9. The Hall–Kier alpha value is -0.830. The second-order valence-corrected chi connectivity index (χ2v) is 2.38. The maximum Gasteiger partial charge on any atom is 0.0738 e. The molecular weight excluding hydrogens is 142 g/mol. The van der Waals surface area contributed by atoms with Crippen LogP contribution in [0.4, 0.5) is 0 Å². The molecule has 1 N–H and O–H groups in total. The van der Waals surface area contributed by atoms with Gasteiger partial charge in [-0.1, -0.05) is 6.08 Å². The van der Waals surface area contributed by atoms with Crippen LogP contribution in [0.2, 0.25) is 0 Å². The van der Waals surface area contributed by atoms with Gasteiger partial charge >= 0.3 is 0 Å². The Balaban J connectivity index is 0. The molecule has 0 aromatic rings. The van der Waals surface area contributed by atoms with Crippen LogP contribution in [0.5, 0.6) is 0 Å². The van der Waals surface area contributed by atoms with Gasteiger partial charge in [-0.3, -0.25) is 0 Å². The third kappa shape index (κ3) is 27.1. The molecule has 0 spiro atoms. The molecule has 0 rings (SSSR count). The topological polar surface area (TPSA) is 44.6 Å². The van der Waals surface area contributed by atoms with Crippen molar-refractivity contribution in [1.82, 2.24) is 0 Å². The summed E-state index contributed by atoms with van der Waals surface area (Å²) < 4.78 is 0. The lowest BCUT2D eigenvalue weighted by molar-refractivity contribution is -0.856. The van der Waals surface area contributed by atoms with Gasteiger partial charge in [-0.15, -0.1) is 0 Å². The van der Waals surface area contributed by atoms with Crippen molar-refractivity contribution in [3.63, 3.8) is 0 Å². The summed E-state index contributed by atoms with van der Waals surface area (Å²) in [6.07, 6.45) is 2.38. The summed E-state index contributed by atoms with van der Waals surface area (Å²) in [6, 6.07) is 0. The number of carboxylic acid groups (broad SMARTS) is 1. The van der Waals surface area contributed by atoms with Crippen LogP contribution in [0.25, 0.3) is 0 Å². The minimum atomic E-state index is -1.14. The van der Waals surface area contributed by atoms with E-state index in [4.69, 9.17) is 0 Å². The molecule has 0 saturated heterocycles. The number of carboxylic acids is 1. The zero-order valence-electron chi connectivity index (χ0n) is 7.68. The predicted octanol–water partition coefficient (Wildman–Crippen LogP) is -1.54. The molecular formula is C8H17NO2. The van der Waals surface area contributed by atoms with Crippen LogP contribution in [-0.4, -0.2) is 26.6 Å². The summed E-state index contributed by atoms with van der Waals surface area (Å²) >= 11 is 0. The molecule has 0 radical (unpaired) electrons. The number of aliphatic carboxylic acids is 1. The van der Waals surface area contributed by atoms with Crippen molar-refractivity contribution < 1.29 is 14.8 Å². The minimum absolute atomic E-state index is 0.972. The Kier molecular flexibility index (Phi) is 10.7. The molecule has 0 aliphatic carbocycles. The highest BCUT2D eigenvalue weighted by atomic mass is 16.4. The average molecular weight is 159 g/mol. The van der Waals surface area contributed by atoms with Gasteiger partial charge in [-0.05, 0) is 19.9 Å². The molecule has 0 aliphatic heterocycles. The quantitative estimate of drug-likeness (QED) is 0.496. The molecule has 0 aromatic heterocycles. The van der Waals surface area contributed by atoms with Gasteiger partial charge in [0.2, 0.25) is 0 Å². The maximum atomic E-state index is 9.40. The molecule has 0 amide bonds. The number of allylic oxidation sites excluding steroid dienone is 1. The molecule has 66 valence electrons. The van der Waals surface area contributed by atoms with Crippen molar-refractivity contribution in [2.24, 2.45) is 0 Å². The Morgan fingerprint density at radius 2 is 1.91 bits per heavy atom. The zero-order valence-corrected chi connectivity index (χ0v) is 7.68. The van der Waals surface area contributed by atoms with E-state index < -0.39 is 5.97 Å². The van der Waals surface area contributed by atoms with Gasteiger partial charge < -0.3 is 14.8 Å². The van der Waals surface area contributed by atoms with Gasteiger partial charge in [0.1, 0.15) is 0 Å². The second-order valence-electron chi connectivity index (χ2n) is 2.38. The van der Waals surface area contributed by atoms with Gasteiger partial charge in [-0.2, -0.15) is 0 Å². The monoisotopic (exact) mass is 159 g/mol. The lowest BCUT2D eigenvalue weighted by Crippen LogP contribution is -3.05. The first-order valence-electron chi connectivity index (χ1n) is 3.67. The lowest BCUT2D eigenvalue weighted by atomic mass is 10.5. The highest BCUT2D eigenvalue weighted by Gasteiger charge is 1.75. The molecule has 3 nitrogen and oxygen atoms in total. The maximum absolute atomic E-state index is 9.40. The van der Waals surface area contributed by atoms with E-state index in [-0.39, 0.29) is 0 Å². The molecule has 0 unspecified atom stereocenters. The van der Waals surface area contributed by atoms with Crippen LogP contribution >= 0.6 is 0 Å². The first-order chi connectivity index (χ1) is 5.04. The molecule has 11 heavy (non-hydrogen) atoms. The first kappa shape index (κ1) is 12.8. The molecule has 3 heteroatoms. The summed E-state index contributed by atoms with van der Waals surface area (Å²) in [6.45, 7) is 5.01. The van der Waals surface area contributed by atoms with E-state index >= 15 is 0 Å². The number of hydrogen-bond donors (Lipinski definition) is 1. The van der Waals surface area contributed by atoms with Crippen molar-refractivity contribution in [1.29, 1.82) is 0 Å². The Morgan fingerprint density at radius 1 is 1.55 bits per heavy atom. The van der Waals surface area contributed by atoms with Crippen molar-refractivity contribution in [3.8, 4) is 0 Å². The summed E-state index contributed by atoms with van der Waals surface area (Å²) in [5.74, 6) is -1.14. The highest BCUT2D eigenvalue weighted by Crippen LogP contribution is 1.61. The summed E-state index contributed by atoms with van der Waals surface area (Å²) in [7, 11) is 4.28. The number of nitrogens with one attached hydrogen (secondary N) is 1. The molecule has 0 bridgehead atoms. The minimum Gasteiger partial charge on any atom is -0.545 e. The van der Waals surface area contributed by atoms with Crippen LogP contribution in [0.15, 0.2) is 12.2 Å². The van der Waals surface area contributed by atoms with E-state index in [2.05, 4.69) is 21.0 Å². The number of carbonyl (C=O) groups excluding carboxylic acids is 1. The smallest absolute Gasteiger partial charge is 0.0738 e. The number of rotatable bonds is 2. The molecule has 0 aromatic carbocycles. The van der Waals surface area contributed by atoms with E-state index in [1.54, 1.807) is 6.92 Å². The summed E-state index contributed by atoms with van der Waals surface area (Å²) in [5.41, 5.74) is 0. The average Bonchev–Trinajstić information content (AvgIpc) is 1.89. The summed E-state index contributed by atoms with van der Waals surface area (Å²) in [5, 5.41) is 9.40. The normalized spacial score (nSPS) is 9.55. The van der Waals surface area contributed by atoms with Gasteiger partial charge in [-0.25, -0.2) is 0 Å². The van der Waals surface area contributed by atoms with Crippen LogP contribution in [0.3, 0.4) is 0 Å². The van der Waals surface area contributed by atoms with E-state index in [9.17, 15) is 9.90 Å². The van der Waals surface area contributed by atoms with Gasteiger partial charge in [0, 0.05) is 0 Å². The fourth-order valence-corrected chi connectivity index (χ4v) is 0.136. The Labute approximate surface area is 68.3 Å². The van der Waals surface area contributed by atoms with Crippen LogP contribution in [0.1, 0.15) is 13.8 Å². The SMILES string of the molecule is C/C=C/C(=O)[O-].CC[NH+](C)C. The Bertz CT molecular complexity index is 119. The fraction of sp³-hybridized carbons (Fsp3) is 0.625. The van der Waals surface area contributed by atoms with Crippen molar-refractivity contribution in [3.05, 3.63) is 12.2 Å². The van der Waals surface area contributed by atoms with Crippen molar-refractivity contribution in [2.75, 3.05) is 20.6 Å². The highest BCUT2D eigenvalue weighted by molar-refractivity contribution is 5.77. The number of carbonyl (C=O) groups is 1. The van der Waals surface area contributed by atoms with E-state index in [1.807, 2.05) is 0 Å². The standard InChI is InChI=1S/C4H11N.C4H6O2/c1-4-5(2)3;1-2-3-4(5)6/h4H2,1-3H3;2-3H,1H3,(H,5,6)/b;3-2+. The van der Waals surface area contributed by atoms with E-state index in [1.165, 1.54) is 17.5 Å². The molecule has 0 fully saturated rings. The van der Waals surface area contributed by atoms with Crippen LogP contribution in [0, 0.1) is 0 Å². The Morgan fingerprint density at radius 3 is 1.91 bits per heavy atom. The number of quaternary nitrogens is 1. The third-order valence-electron chi connectivity index (χ3n) is 1.01. The van der Waals surface area contributed by atoms with Gasteiger partial charge in [0.25, 0.3) is 0 Å². The second kappa shape index (κ2) is 9.17. The number of hydrogen-bond acceptors (Lipinski definition) is 2.